The molecule has 2 heteroatoms. The van der Waals surface area contributed by atoms with E-state index in [0.29, 0.717) is 5.41 Å². The van der Waals surface area contributed by atoms with Gasteiger partial charge in [-0.3, -0.25) is 0 Å². The molecular formula is C15H32O2. The van der Waals surface area contributed by atoms with Gasteiger partial charge in [0.1, 0.15) is 0 Å². The van der Waals surface area contributed by atoms with Crippen molar-refractivity contribution in [1.82, 2.24) is 0 Å². The Balaban J connectivity index is 4.69. The Kier molecular flexibility index (Phi) is 6.16. The molecule has 0 bridgehead atoms. The normalized spacial score (nSPS) is 14.1. The molecule has 0 fully saturated rings. The van der Waals surface area contributed by atoms with E-state index in [9.17, 15) is 0 Å². The van der Waals surface area contributed by atoms with Gasteiger partial charge in [-0.25, -0.2) is 0 Å². The standard InChI is InChI=1S/C15H32O2/c1-9-10-14(5,6)11-12-15(16-7,17-8)13(2,3)4/h9-12H2,1-8H3. The maximum atomic E-state index is 5.70. The molecule has 0 atom stereocenters. The second-order valence-electron chi connectivity index (χ2n) is 6.83. The Morgan fingerprint density at radius 2 is 1.24 bits per heavy atom. The summed E-state index contributed by atoms with van der Waals surface area (Å²) in [4.78, 5) is 0. The van der Waals surface area contributed by atoms with Gasteiger partial charge in [0.05, 0.1) is 0 Å². The van der Waals surface area contributed by atoms with Crippen molar-refractivity contribution >= 4 is 0 Å². The molecule has 0 aliphatic heterocycles. The monoisotopic (exact) mass is 244 g/mol. The van der Waals surface area contributed by atoms with Crippen LogP contribution >= 0.6 is 0 Å². The van der Waals surface area contributed by atoms with E-state index in [-0.39, 0.29) is 5.41 Å². The zero-order valence-electron chi connectivity index (χ0n) is 13.1. The average molecular weight is 244 g/mol. The minimum atomic E-state index is -0.474. The molecule has 0 aliphatic rings. The Morgan fingerprint density at radius 1 is 0.765 bits per heavy atom. The lowest BCUT2D eigenvalue weighted by Crippen LogP contribution is -2.47. The van der Waals surface area contributed by atoms with Gasteiger partial charge in [0.15, 0.2) is 5.79 Å². The zero-order valence-corrected chi connectivity index (χ0v) is 13.1. The van der Waals surface area contributed by atoms with E-state index in [1.807, 2.05) is 0 Å². The summed E-state index contributed by atoms with van der Waals surface area (Å²) in [6.45, 7) is 13.4. The van der Waals surface area contributed by atoms with Crippen LogP contribution in [0.15, 0.2) is 0 Å². The van der Waals surface area contributed by atoms with E-state index in [1.165, 1.54) is 12.8 Å². The summed E-state index contributed by atoms with van der Waals surface area (Å²) in [5.74, 6) is -0.474. The fourth-order valence-corrected chi connectivity index (χ4v) is 2.58. The molecule has 0 unspecified atom stereocenters. The first kappa shape index (κ1) is 16.9. The molecule has 0 aromatic heterocycles. The number of ether oxygens (including phenoxy) is 2. The molecule has 0 saturated carbocycles. The highest BCUT2D eigenvalue weighted by atomic mass is 16.7. The summed E-state index contributed by atoms with van der Waals surface area (Å²) in [6.07, 6.45) is 4.55. The first-order valence-electron chi connectivity index (χ1n) is 6.74. The van der Waals surface area contributed by atoms with E-state index < -0.39 is 5.79 Å². The first-order valence-corrected chi connectivity index (χ1v) is 6.74. The molecule has 0 amide bonds. The van der Waals surface area contributed by atoms with Gasteiger partial charge < -0.3 is 9.47 Å². The smallest absolute Gasteiger partial charge is 0.172 e. The Morgan fingerprint density at radius 3 is 1.53 bits per heavy atom. The maximum Gasteiger partial charge on any atom is 0.172 e. The fraction of sp³-hybridized carbons (Fsp3) is 1.00. The summed E-state index contributed by atoms with van der Waals surface area (Å²) in [7, 11) is 3.50. The molecule has 0 rings (SSSR count). The van der Waals surface area contributed by atoms with Gasteiger partial charge in [-0.15, -0.1) is 0 Å². The Bertz CT molecular complexity index is 209. The van der Waals surface area contributed by atoms with Crippen molar-refractivity contribution in [2.24, 2.45) is 10.8 Å². The molecule has 104 valence electrons. The van der Waals surface area contributed by atoms with Crippen LogP contribution in [0.1, 0.15) is 67.2 Å². The van der Waals surface area contributed by atoms with Gasteiger partial charge in [-0.05, 0) is 18.3 Å². The van der Waals surface area contributed by atoms with E-state index >= 15 is 0 Å². The fourth-order valence-electron chi connectivity index (χ4n) is 2.58. The summed E-state index contributed by atoms with van der Waals surface area (Å²) >= 11 is 0. The van der Waals surface area contributed by atoms with E-state index in [2.05, 4.69) is 41.5 Å². The van der Waals surface area contributed by atoms with Crippen molar-refractivity contribution in [2.45, 2.75) is 73.0 Å². The van der Waals surface area contributed by atoms with Gasteiger partial charge >= 0.3 is 0 Å². The number of methoxy groups -OCH3 is 2. The average Bonchev–Trinajstić information content (AvgIpc) is 2.17. The van der Waals surface area contributed by atoms with Crippen LogP contribution in [-0.2, 0) is 9.47 Å². The second-order valence-corrected chi connectivity index (χ2v) is 6.83. The highest BCUT2D eigenvalue weighted by Crippen LogP contribution is 2.41. The minimum Gasteiger partial charge on any atom is -0.353 e. The van der Waals surface area contributed by atoms with Crippen LogP contribution in [0.2, 0.25) is 0 Å². The molecule has 17 heavy (non-hydrogen) atoms. The summed E-state index contributed by atoms with van der Waals surface area (Å²) in [6, 6.07) is 0. The second kappa shape index (κ2) is 6.19. The van der Waals surface area contributed by atoms with Gasteiger partial charge in [-0.2, -0.15) is 0 Å². The third kappa shape index (κ3) is 4.59. The van der Waals surface area contributed by atoms with Gasteiger partial charge in [0, 0.05) is 26.1 Å². The number of rotatable bonds is 7. The van der Waals surface area contributed by atoms with Crippen molar-refractivity contribution in [3.63, 3.8) is 0 Å². The molecule has 0 radical (unpaired) electrons. The lowest BCUT2D eigenvalue weighted by Gasteiger charge is -2.43. The lowest BCUT2D eigenvalue weighted by atomic mass is 9.76. The number of hydrogen-bond donors (Lipinski definition) is 0. The van der Waals surface area contributed by atoms with Crippen LogP contribution in [0, 0.1) is 10.8 Å². The molecule has 0 aromatic carbocycles. The molecule has 0 N–H and O–H groups in total. The predicted molar refractivity (Wildman–Crippen MR) is 74.1 cm³/mol. The van der Waals surface area contributed by atoms with Crippen LogP contribution < -0.4 is 0 Å². The Labute approximate surface area is 108 Å². The largest absolute Gasteiger partial charge is 0.353 e. The SMILES string of the molecule is CCCC(C)(C)CCC(OC)(OC)C(C)(C)C. The summed E-state index contributed by atoms with van der Waals surface area (Å²) in [5.41, 5.74) is 0.348. The number of hydrogen-bond acceptors (Lipinski definition) is 2. The van der Waals surface area contributed by atoms with Crippen molar-refractivity contribution < 1.29 is 9.47 Å². The van der Waals surface area contributed by atoms with Crippen molar-refractivity contribution in [3.05, 3.63) is 0 Å². The van der Waals surface area contributed by atoms with E-state index in [0.717, 1.165) is 12.8 Å². The highest BCUT2D eigenvalue weighted by molar-refractivity contribution is 4.85. The quantitative estimate of drug-likeness (QED) is 0.608. The van der Waals surface area contributed by atoms with Crippen molar-refractivity contribution in [2.75, 3.05) is 14.2 Å². The van der Waals surface area contributed by atoms with Crippen LogP contribution in [-0.4, -0.2) is 20.0 Å². The van der Waals surface area contributed by atoms with Crippen molar-refractivity contribution in [1.29, 1.82) is 0 Å². The molecular weight excluding hydrogens is 212 g/mol. The summed E-state index contributed by atoms with van der Waals surface area (Å²) in [5, 5.41) is 0. The molecule has 0 aliphatic carbocycles. The first-order chi connectivity index (χ1) is 7.64. The predicted octanol–water partition coefficient (Wildman–Crippen LogP) is 4.63. The third-order valence-electron chi connectivity index (χ3n) is 3.86. The molecule has 0 spiro atoms. The Hall–Kier alpha value is -0.0800. The third-order valence-corrected chi connectivity index (χ3v) is 3.86. The van der Waals surface area contributed by atoms with Crippen molar-refractivity contribution in [3.8, 4) is 0 Å². The van der Waals surface area contributed by atoms with Gasteiger partial charge in [-0.1, -0.05) is 48.0 Å². The molecule has 0 aromatic rings. The highest BCUT2D eigenvalue weighted by Gasteiger charge is 2.43. The zero-order chi connectivity index (χ0) is 13.7. The van der Waals surface area contributed by atoms with E-state index in [4.69, 9.17) is 9.47 Å². The topological polar surface area (TPSA) is 18.5 Å². The van der Waals surface area contributed by atoms with Gasteiger partial charge in [0.25, 0.3) is 0 Å². The van der Waals surface area contributed by atoms with Crippen LogP contribution in [0.3, 0.4) is 0 Å². The van der Waals surface area contributed by atoms with Crippen LogP contribution in [0.4, 0.5) is 0 Å². The lowest BCUT2D eigenvalue weighted by molar-refractivity contribution is -0.269. The molecule has 2 nitrogen and oxygen atoms in total. The molecule has 0 heterocycles. The van der Waals surface area contributed by atoms with Crippen LogP contribution in [0.25, 0.3) is 0 Å². The van der Waals surface area contributed by atoms with Gasteiger partial charge in [0.2, 0.25) is 0 Å². The summed E-state index contributed by atoms with van der Waals surface area (Å²) < 4.78 is 11.4. The molecule has 0 saturated heterocycles. The van der Waals surface area contributed by atoms with Crippen LogP contribution in [0.5, 0.6) is 0 Å². The minimum absolute atomic E-state index is 0.0151. The maximum absolute atomic E-state index is 5.70. The van der Waals surface area contributed by atoms with E-state index in [1.54, 1.807) is 14.2 Å².